The Morgan fingerprint density at radius 1 is 0.880 bits per heavy atom. The van der Waals surface area contributed by atoms with Crippen LogP contribution in [0, 0.1) is 0 Å². The zero-order valence-electron chi connectivity index (χ0n) is 13.7. The summed E-state index contributed by atoms with van der Waals surface area (Å²) >= 11 is 1.31. The number of nitrogens with one attached hydrogen (secondary N) is 1. The maximum atomic E-state index is 11.0. The van der Waals surface area contributed by atoms with Crippen molar-refractivity contribution in [3.05, 3.63) is 95.6 Å². The number of benzene rings is 3. The van der Waals surface area contributed by atoms with Gasteiger partial charge in [-0.05, 0) is 28.8 Å². The zero-order chi connectivity index (χ0) is 17.6. The molecule has 4 heteroatoms. The highest BCUT2D eigenvalue weighted by molar-refractivity contribution is 8.00. The molecule has 0 saturated heterocycles. The summed E-state index contributed by atoms with van der Waals surface area (Å²) in [6.45, 7) is 0. The molecule has 0 saturated carbocycles. The third-order valence-corrected chi connectivity index (χ3v) is 5.07. The van der Waals surface area contributed by atoms with Gasteiger partial charge in [-0.25, -0.2) is 0 Å². The first-order valence-corrected chi connectivity index (χ1v) is 9.00. The molecule has 0 aliphatic heterocycles. The molecule has 3 rings (SSSR count). The molecule has 3 N–H and O–H groups in total. The molecule has 3 aromatic carbocycles. The van der Waals surface area contributed by atoms with Crippen molar-refractivity contribution in [1.82, 2.24) is 5.73 Å². The summed E-state index contributed by atoms with van der Waals surface area (Å²) in [5.74, 6) is -0.118. The van der Waals surface area contributed by atoms with Gasteiger partial charge in [0.25, 0.3) is 0 Å². The van der Waals surface area contributed by atoms with Gasteiger partial charge in [0, 0.05) is 10.8 Å². The number of thioether (sulfide) groups is 1. The van der Waals surface area contributed by atoms with E-state index in [4.69, 9.17) is 11.5 Å². The highest BCUT2D eigenvalue weighted by Gasteiger charge is 2.17. The minimum absolute atomic E-state index is 0.0710. The molecule has 3 nitrogen and oxygen atoms in total. The molecule has 0 heterocycles. The summed E-state index contributed by atoms with van der Waals surface area (Å²) in [5.41, 5.74) is 17.4. The maximum absolute atomic E-state index is 11.0. The van der Waals surface area contributed by atoms with Gasteiger partial charge in [-0.1, -0.05) is 66.7 Å². The predicted octanol–water partition coefficient (Wildman–Crippen LogP) is 4.36. The minimum Gasteiger partial charge on any atom is -0.369 e. The third-order valence-electron chi connectivity index (χ3n) is 3.97. The average molecular weight is 347 g/mol. The SMILES string of the molecule is [NH]c1cc(C(c2ccccc2)c2ccccc2)ccc1SCC(N)=O. The van der Waals surface area contributed by atoms with Crippen molar-refractivity contribution in [2.24, 2.45) is 5.73 Å². The fourth-order valence-corrected chi connectivity index (χ4v) is 3.55. The van der Waals surface area contributed by atoms with E-state index < -0.39 is 0 Å². The van der Waals surface area contributed by atoms with Crippen LogP contribution in [0.3, 0.4) is 0 Å². The van der Waals surface area contributed by atoms with Gasteiger partial charge in [-0.15, -0.1) is 11.8 Å². The van der Waals surface area contributed by atoms with Gasteiger partial charge in [0.05, 0.1) is 11.4 Å². The van der Waals surface area contributed by atoms with E-state index >= 15 is 0 Å². The lowest BCUT2D eigenvalue weighted by Gasteiger charge is -2.20. The molecular formula is C21H19N2OS. The normalized spacial score (nSPS) is 10.8. The number of primary amides is 1. The molecule has 0 fully saturated rings. The second kappa shape index (κ2) is 7.90. The lowest BCUT2D eigenvalue weighted by Crippen LogP contribution is -2.13. The van der Waals surface area contributed by atoms with Crippen molar-refractivity contribution in [2.75, 3.05) is 5.75 Å². The fourth-order valence-electron chi connectivity index (χ4n) is 2.87. The van der Waals surface area contributed by atoms with Crippen LogP contribution >= 0.6 is 11.8 Å². The van der Waals surface area contributed by atoms with Crippen molar-refractivity contribution < 1.29 is 4.79 Å². The van der Waals surface area contributed by atoms with E-state index in [0.29, 0.717) is 5.69 Å². The quantitative estimate of drug-likeness (QED) is 0.532. The summed E-state index contributed by atoms with van der Waals surface area (Å²) in [6.07, 6.45) is 0. The Hall–Kier alpha value is -2.72. The van der Waals surface area contributed by atoms with Crippen LogP contribution in [0.25, 0.3) is 0 Å². The topological polar surface area (TPSA) is 66.9 Å². The summed E-state index contributed by atoms with van der Waals surface area (Å²) in [5, 5.41) is 0. The first-order chi connectivity index (χ1) is 12.1. The van der Waals surface area contributed by atoms with Crippen molar-refractivity contribution in [3.8, 4) is 0 Å². The second-order valence-corrected chi connectivity index (χ2v) is 6.78. The van der Waals surface area contributed by atoms with Crippen LogP contribution in [0.1, 0.15) is 22.6 Å². The van der Waals surface area contributed by atoms with Crippen molar-refractivity contribution in [1.29, 1.82) is 0 Å². The molecule has 0 atom stereocenters. The fraction of sp³-hybridized carbons (Fsp3) is 0.0952. The molecule has 1 amide bonds. The van der Waals surface area contributed by atoms with E-state index in [0.717, 1.165) is 10.5 Å². The minimum atomic E-state index is -0.375. The maximum Gasteiger partial charge on any atom is 0.227 e. The Bertz CT molecular complexity index is 811. The van der Waals surface area contributed by atoms with Crippen molar-refractivity contribution in [3.63, 3.8) is 0 Å². The lowest BCUT2D eigenvalue weighted by molar-refractivity contribution is -0.115. The molecule has 0 spiro atoms. The van der Waals surface area contributed by atoms with Crippen molar-refractivity contribution >= 4 is 23.4 Å². The first-order valence-electron chi connectivity index (χ1n) is 8.01. The van der Waals surface area contributed by atoms with Gasteiger partial charge in [0.15, 0.2) is 0 Å². The number of nitrogens with two attached hydrogens (primary N) is 1. The molecule has 3 aromatic rings. The number of carbonyl (C=O) groups is 1. The average Bonchev–Trinajstić information content (AvgIpc) is 2.63. The Kier molecular flexibility index (Phi) is 5.41. The summed E-state index contributed by atoms with van der Waals surface area (Å²) < 4.78 is 0. The van der Waals surface area contributed by atoms with E-state index in [2.05, 4.69) is 24.3 Å². The number of rotatable bonds is 6. The first kappa shape index (κ1) is 17.1. The third kappa shape index (κ3) is 4.22. The standard InChI is InChI=1S/C21H19N2OS/c22-18-13-17(11-12-19(18)25-14-20(23)24)21(15-7-3-1-4-8-15)16-9-5-2-6-10-16/h1-13,21-22H,14H2,(H2,23,24). The van der Waals surface area contributed by atoms with Crippen LogP contribution in [0.15, 0.2) is 83.8 Å². The van der Waals surface area contributed by atoms with Gasteiger partial charge in [0.1, 0.15) is 0 Å². The molecule has 0 aliphatic rings. The van der Waals surface area contributed by atoms with E-state index in [-0.39, 0.29) is 17.6 Å². The summed E-state index contributed by atoms with van der Waals surface area (Å²) in [4.78, 5) is 11.7. The Morgan fingerprint density at radius 3 is 1.92 bits per heavy atom. The lowest BCUT2D eigenvalue weighted by atomic mass is 9.85. The van der Waals surface area contributed by atoms with Gasteiger partial charge in [-0.3, -0.25) is 10.5 Å². The molecule has 0 bridgehead atoms. The molecule has 1 radical (unpaired) electrons. The van der Waals surface area contributed by atoms with Crippen molar-refractivity contribution in [2.45, 2.75) is 10.8 Å². The van der Waals surface area contributed by atoms with E-state index in [1.165, 1.54) is 22.9 Å². The van der Waals surface area contributed by atoms with Crippen LogP contribution < -0.4 is 11.5 Å². The van der Waals surface area contributed by atoms with Crippen LogP contribution in [0.4, 0.5) is 5.69 Å². The molecule has 25 heavy (non-hydrogen) atoms. The van der Waals surface area contributed by atoms with Gasteiger partial charge in [0.2, 0.25) is 5.91 Å². The Balaban J connectivity index is 1.99. The number of hydrogen-bond donors (Lipinski definition) is 1. The Labute approximate surface area is 152 Å². The smallest absolute Gasteiger partial charge is 0.227 e. The monoisotopic (exact) mass is 347 g/mol. The highest BCUT2D eigenvalue weighted by Crippen LogP contribution is 2.35. The largest absolute Gasteiger partial charge is 0.369 e. The predicted molar refractivity (Wildman–Crippen MR) is 103 cm³/mol. The molecule has 125 valence electrons. The zero-order valence-corrected chi connectivity index (χ0v) is 14.5. The summed E-state index contributed by atoms with van der Waals surface area (Å²) in [6, 6.07) is 26.4. The number of carbonyl (C=O) groups excluding carboxylic acids is 1. The highest BCUT2D eigenvalue weighted by atomic mass is 32.2. The van der Waals surface area contributed by atoms with Crippen LogP contribution in [-0.4, -0.2) is 11.7 Å². The molecule has 0 aromatic heterocycles. The second-order valence-electron chi connectivity index (χ2n) is 5.76. The van der Waals surface area contributed by atoms with E-state index in [9.17, 15) is 4.79 Å². The van der Waals surface area contributed by atoms with Crippen LogP contribution in [0.2, 0.25) is 0 Å². The molecule has 0 unspecified atom stereocenters. The molecular weight excluding hydrogens is 328 g/mol. The summed E-state index contributed by atoms with van der Waals surface area (Å²) in [7, 11) is 0. The van der Waals surface area contributed by atoms with Gasteiger partial charge >= 0.3 is 0 Å². The van der Waals surface area contributed by atoms with Crippen LogP contribution in [-0.2, 0) is 4.79 Å². The number of amides is 1. The van der Waals surface area contributed by atoms with E-state index in [1.54, 1.807) is 0 Å². The number of hydrogen-bond acceptors (Lipinski definition) is 2. The van der Waals surface area contributed by atoms with Crippen LogP contribution in [0.5, 0.6) is 0 Å². The van der Waals surface area contributed by atoms with Gasteiger partial charge < -0.3 is 5.73 Å². The molecule has 0 aliphatic carbocycles. The van der Waals surface area contributed by atoms with Gasteiger partial charge in [-0.2, -0.15) is 0 Å². The Morgan fingerprint density at radius 2 is 1.44 bits per heavy atom. The van der Waals surface area contributed by atoms with E-state index in [1.807, 2.05) is 54.6 Å².